The summed E-state index contributed by atoms with van der Waals surface area (Å²) in [5, 5.41) is 3.01. The number of hydrogen-bond donors (Lipinski definition) is 3. The number of nitrogens with zero attached hydrogens (tertiary/aromatic N) is 2. The lowest BCUT2D eigenvalue weighted by Crippen LogP contribution is -2.42. The highest BCUT2D eigenvalue weighted by atomic mass is 16.2. The molecule has 0 radical (unpaired) electrons. The van der Waals surface area contributed by atoms with Crippen molar-refractivity contribution >= 4 is 34.2 Å². The van der Waals surface area contributed by atoms with Crippen LogP contribution >= 0.6 is 0 Å². The molecule has 1 aromatic carbocycles. The van der Waals surface area contributed by atoms with Gasteiger partial charge in [-0.25, -0.2) is 4.79 Å². The highest BCUT2D eigenvalue weighted by Gasteiger charge is 2.33. The van der Waals surface area contributed by atoms with E-state index in [0.29, 0.717) is 24.2 Å². The van der Waals surface area contributed by atoms with Crippen molar-refractivity contribution in [3.8, 4) is 0 Å². The van der Waals surface area contributed by atoms with Crippen LogP contribution in [0.4, 0.5) is 11.4 Å². The number of benzene rings is 1. The molecule has 2 saturated heterocycles. The smallest absolute Gasteiger partial charge is 0.323 e. The summed E-state index contributed by atoms with van der Waals surface area (Å²) in [6.45, 7) is 3.96. The van der Waals surface area contributed by atoms with E-state index >= 15 is 0 Å². The minimum Gasteiger partial charge on any atom is -0.370 e. The second kappa shape index (κ2) is 6.51. The van der Waals surface area contributed by atoms with Gasteiger partial charge in [0.15, 0.2) is 0 Å². The fourth-order valence-corrected chi connectivity index (χ4v) is 4.02. The van der Waals surface area contributed by atoms with Gasteiger partial charge in [-0.2, -0.15) is 0 Å². The maximum Gasteiger partial charge on any atom is 0.323 e. The fourth-order valence-electron chi connectivity index (χ4n) is 4.02. The van der Waals surface area contributed by atoms with Gasteiger partial charge >= 0.3 is 5.69 Å². The Kier molecular flexibility index (Phi) is 4.18. The number of aromatic amines is 2. The first-order valence-corrected chi connectivity index (χ1v) is 9.12. The third-order valence-corrected chi connectivity index (χ3v) is 5.30. The number of H-pyrrole nitrogens is 2. The van der Waals surface area contributed by atoms with Crippen molar-refractivity contribution in [2.24, 2.45) is 0 Å². The van der Waals surface area contributed by atoms with Gasteiger partial charge in [0.05, 0.1) is 22.4 Å². The molecule has 2 fully saturated rings. The molecule has 2 amide bonds. The summed E-state index contributed by atoms with van der Waals surface area (Å²) in [7, 11) is 0. The van der Waals surface area contributed by atoms with Crippen molar-refractivity contribution in [2.45, 2.75) is 38.6 Å². The topological polar surface area (TPSA) is 101 Å². The number of hydrogen-bond acceptors (Lipinski definition) is 4. The lowest BCUT2D eigenvalue weighted by Gasteiger charge is -2.25. The van der Waals surface area contributed by atoms with Crippen molar-refractivity contribution in [3.05, 3.63) is 22.6 Å². The van der Waals surface area contributed by atoms with Crippen LogP contribution < -0.4 is 15.9 Å². The maximum atomic E-state index is 12.8. The molecule has 0 saturated carbocycles. The Morgan fingerprint density at radius 1 is 1.08 bits per heavy atom. The molecule has 1 unspecified atom stereocenters. The third-order valence-electron chi connectivity index (χ3n) is 5.30. The average Bonchev–Trinajstić information content (AvgIpc) is 3.33. The SMILES string of the molecule is CC(=O)N1CCCC1C(=O)Nc1cc2[nH]c(=O)[nH]c2cc1N1CCCC1. The second-order valence-corrected chi connectivity index (χ2v) is 7.05. The van der Waals surface area contributed by atoms with Crippen LogP contribution in [0.3, 0.4) is 0 Å². The predicted molar refractivity (Wildman–Crippen MR) is 99.4 cm³/mol. The average molecular weight is 357 g/mol. The quantitative estimate of drug-likeness (QED) is 0.773. The first kappa shape index (κ1) is 16.7. The van der Waals surface area contributed by atoms with Crippen LogP contribution in [0.15, 0.2) is 16.9 Å². The lowest BCUT2D eigenvalue weighted by molar-refractivity contribution is -0.134. The Labute approximate surface area is 150 Å². The molecule has 4 rings (SSSR count). The summed E-state index contributed by atoms with van der Waals surface area (Å²) >= 11 is 0. The van der Waals surface area contributed by atoms with Gasteiger partial charge in [-0.3, -0.25) is 9.59 Å². The third kappa shape index (κ3) is 2.95. The van der Waals surface area contributed by atoms with Crippen LogP contribution in [0, 0.1) is 0 Å². The minimum absolute atomic E-state index is 0.0761. The number of carbonyl (C=O) groups is 2. The Bertz CT molecular complexity index is 909. The summed E-state index contributed by atoms with van der Waals surface area (Å²) in [6.07, 6.45) is 3.72. The number of nitrogens with one attached hydrogen (secondary N) is 3. The van der Waals surface area contributed by atoms with Crippen LogP contribution in [-0.4, -0.2) is 52.4 Å². The highest BCUT2D eigenvalue weighted by Crippen LogP contribution is 2.33. The van der Waals surface area contributed by atoms with E-state index in [4.69, 9.17) is 0 Å². The second-order valence-electron chi connectivity index (χ2n) is 7.05. The molecule has 2 aromatic rings. The molecule has 3 heterocycles. The molecule has 26 heavy (non-hydrogen) atoms. The number of fused-ring (bicyclic) bond motifs is 1. The van der Waals surface area contributed by atoms with Crippen LogP contribution in [0.5, 0.6) is 0 Å². The van der Waals surface area contributed by atoms with Crippen LogP contribution in [0.2, 0.25) is 0 Å². The number of aromatic nitrogens is 2. The molecule has 138 valence electrons. The number of carbonyl (C=O) groups excluding carboxylic acids is 2. The van der Waals surface area contributed by atoms with E-state index in [9.17, 15) is 14.4 Å². The van der Waals surface area contributed by atoms with E-state index in [1.54, 1.807) is 11.0 Å². The zero-order valence-corrected chi connectivity index (χ0v) is 14.8. The number of rotatable bonds is 3. The standard InChI is InChI=1S/C18H23N5O3/c1-11(24)23-8-4-5-15(23)17(25)19-14-9-12-13(21-18(26)20-12)10-16(14)22-6-2-3-7-22/h9-10,15H,2-8H2,1H3,(H,19,25)(H2,20,21,26). The van der Waals surface area contributed by atoms with E-state index in [2.05, 4.69) is 20.2 Å². The molecule has 0 aliphatic carbocycles. The number of likely N-dealkylation sites (tertiary alicyclic amines) is 1. The molecular formula is C18H23N5O3. The van der Waals surface area contributed by atoms with Crippen LogP contribution in [0.1, 0.15) is 32.6 Å². The molecule has 2 aliphatic heterocycles. The van der Waals surface area contributed by atoms with Gasteiger partial charge in [-0.15, -0.1) is 0 Å². The first-order chi connectivity index (χ1) is 12.5. The van der Waals surface area contributed by atoms with Crippen LogP contribution in [0.25, 0.3) is 11.0 Å². The van der Waals surface area contributed by atoms with E-state index in [1.807, 2.05) is 6.07 Å². The summed E-state index contributed by atoms with van der Waals surface area (Å²) in [5.41, 5.74) is 2.69. The summed E-state index contributed by atoms with van der Waals surface area (Å²) in [4.78, 5) is 45.6. The lowest BCUT2D eigenvalue weighted by atomic mass is 10.1. The van der Waals surface area contributed by atoms with Gasteiger partial charge < -0.3 is 25.1 Å². The molecule has 0 bridgehead atoms. The van der Waals surface area contributed by atoms with Gasteiger partial charge in [0, 0.05) is 26.6 Å². The summed E-state index contributed by atoms with van der Waals surface area (Å²) in [5.74, 6) is -0.247. The number of anilines is 2. The Morgan fingerprint density at radius 3 is 2.46 bits per heavy atom. The Morgan fingerprint density at radius 2 is 1.77 bits per heavy atom. The minimum atomic E-state index is -0.431. The van der Waals surface area contributed by atoms with Gasteiger partial charge in [0.2, 0.25) is 11.8 Å². The van der Waals surface area contributed by atoms with E-state index < -0.39 is 6.04 Å². The highest BCUT2D eigenvalue weighted by molar-refractivity contribution is 6.02. The molecule has 1 atom stereocenters. The van der Waals surface area contributed by atoms with Crippen molar-refractivity contribution in [3.63, 3.8) is 0 Å². The van der Waals surface area contributed by atoms with Gasteiger partial charge in [-0.1, -0.05) is 0 Å². The molecule has 8 nitrogen and oxygen atoms in total. The monoisotopic (exact) mass is 357 g/mol. The van der Waals surface area contributed by atoms with Gasteiger partial charge in [0.25, 0.3) is 0 Å². The molecule has 0 spiro atoms. The fraction of sp³-hybridized carbons (Fsp3) is 0.500. The largest absolute Gasteiger partial charge is 0.370 e. The van der Waals surface area contributed by atoms with Gasteiger partial charge in [-0.05, 0) is 37.8 Å². The number of imidazole rings is 1. The molecule has 3 N–H and O–H groups in total. The van der Waals surface area contributed by atoms with E-state index in [0.717, 1.165) is 43.6 Å². The summed E-state index contributed by atoms with van der Waals surface area (Å²) in [6, 6.07) is 3.28. The van der Waals surface area contributed by atoms with Crippen molar-refractivity contribution in [1.82, 2.24) is 14.9 Å². The molecule has 8 heteroatoms. The zero-order valence-electron chi connectivity index (χ0n) is 14.8. The van der Waals surface area contributed by atoms with E-state index in [-0.39, 0.29) is 17.5 Å². The predicted octanol–water partition coefficient (Wildman–Crippen LogP) is 1.41. The number of amides is 2. The van der Waals surface area contributed by atoms with Crippen molar-refractivity contribution in [2.75, 3.05) is 29.9 Å². The molecule has 2 aliphatic rings. The van der Waals surface area contributed by atoms with Crippen molar-refractivity contribution < 1.29 is 9.59 Å². The van der Waals surface area contributed by atoms with Crippen LogP contribution in [-0.2, 0) is 9.59 Å². The summed E-state index contributed by atoms with van der Waals surface area (Å²) < 4.78 is 0. The molecule has 1 aromatic heterocycles. The van der Waals surface area contributed by atoms with Gasteiger partial charge in [0.1, 0.15) is 6.04 Å². The molecular weight excluding hydrogens is 334 g/mol. The zero-order chi connectivity index (χ0) is 18.3. The maximum absolute atomic E-state index is 12.8. The Balaban J connectivity index is 1.67. The van der Waals surface area contributed by atoms with Crippen molar-refractivity contribution in [1.29, 1.82) is 0 Å². The first-order valence-electron chi connectivity index (χ1n) is 9.12. The van der Waals surface area contributed by atoms with E-state index in [1.165, 1.54) is 6.92 Å². The normalized spacial score (nSPS) is 20.1. The Hall–Kier alpha value is -2.77.